The molecule has 10 heteroatoms. The number of sulfonamides is 1. The minimum Gasteiger partial charge on any atom is -0.427 e. The Morgan fingerprint density at radius 3 is 2.33 bits per heavy atom. The summed E-state index contributed by atoms with van der Waals surface area (Å²) in [6.45, 7) is 1.22. The first-order chi connectivity index (χ1) is 11.2. The number of hydrogen-bond acceptors (Lipinski definition) is 6. The van der Waals surface area contributed by atoms with Crippen LogP contribution in [0.5, 0.6) is 5.75 Å². The van der Waals surface area contributed by atoms with E-state index < -0.39 is 20.9 Å². The summed E-state index contributed by atoms with van der Waals surface area (Å²) >= 11 is 5.97. The number of esters is 1. The largest absolute Gasteiger partial charge is 0.427 e. The van der Waals surface area contributed by atoms with E-state index in [0.29, 0.717) is 0 Å². The number of ether oxygens (including phenoxy) is 1. The molecule has 0 heterocycles. The van der Waals surface area contributed by atoms with Gasteiger partial charge in [-0.05, 0) is 24.3 Å². The van der Waals surface area contributed by atoms with Crippen LogP contribution < -0.4 is 9.46 Å². The van der Waals surface area contributed by atoms with Crippen LogP contribution in [-0.2, 0) is 14.8 Å². The Morgan fingerprint density at radius 1 is 1.21 bits per heavy atom. The van der Waals surface area contributed by atoms with Crippen LogP contribution in [0.3, 0.4) is 0 Å². The number of nitro benzene ring substituents is 1. The summed E-state index contributed by atoms with van der Waals surface area (Å²) in [7, 11) is -3.98. The second-order valence-electron chi connectivity index (χ2n) is 4.59. The lowest BCUT2D eigenvalue weighted by atomic mass is 10.3. The van der Waals surface area contributed by atoms with Crippen molar-refractivity contribution in [3.8, 4) is 5.75 Å². The first-order valence-corrected chi connectivity index (χ1v) is 8.30. The molecule has 0 unspecified atom stereocenters. The highest BCUT2D eigenvalue weighted by atomic mass is 35.5. The second-order valence-corrected chi connectivity index (χ2v) is 6.68. The number of hydrogen-bond donors (Lipinski definition) is 1. The molecule has 0 atom stereocenters. The molecule has 0 aliphatic heterocycles. The van der Waals surface area contributed by atoms with Gasteiger partial charge in [-0.25, -0.2) is 8.42 Å². The van der Waals surface area contributed by atoms with Crippen molar-refractivity contribution in [1.82, 2.24) is 0 Å². The van der Waals surface area contributed by atoms with E-state index >= 15 is 0 Å². The van der Waals surface area contributed by atoms with E-state index in [1.165, 1.54) is 25.1 Å². The number of rotatable bonds is 5. The molecule has 2 aromatic carbocycles. The van der Waals surface area contributed by atoms with Gasteiger partial charge in [0.2, 0.25) is 0 Å². The Morgan fingerprint density at radius 2 is 1.83 bits per heavy atom. The fourth-order valence-corrected chi connectivity index (χ4v) is 3.11. The first kappa shape index (κ1) is 17.7. The van der Waals surface area contributed by atoms with Crippen LogP contribution in [0.4, 0.5) is 11.4 Å². The van der Waals surface area contributed by atoms with E-state index in [2.05, 4.69) is 4.72 Å². The molecule has 8 nitrogen and oxygen atoms in total. The Labute approximate surface area is 142 Å². The maximum Gasteiger partial charge on any atom is 0.308 e. The Kier molecular flexibility index (Phi) is 5.05. The topological polar surface area (TPSA) is 116 Å². The number of halogens is 1. The summed E-state index contributed by atoms with van der Waals surface area (Å²) < 4.78 is 31.6. The van der Waals surface area contributed by atoms with Gasteiger partial charge in [0.25, 0.3) is 15.7 Å². The number of nitro groups is 1. The van der Waals surface area contributed by atoms with Crippen molar-refractivity contribution >= 4 is 39.0 Å². The molecule has 126 valence electrons. The van der Waals surface area contributed by atoms with Gasteiger partial charge in [0.1, 0.15) is 5.75 Å². The summed E-state index contributed by atoms with van der Waals surface area (Å²) in [5, 5.41) is 10.6. The Bertz CT molecular complexity index is 896. The smallest absolute Gasteiger partial charge is 0.308 e. The molecule has 24 heavy (non-hydrogen) atoms. The molecule has 0 aliphatic rings. The summed E-state index contributed by atoms with van der Waals surface area (Å²) in [5.74, 6) is -0.365. The van der Waals surface area contributed by atoms with Crippen LogP contribution >= 0.6 is 11.6 Å². The lowest BCUT2D eigenvalue weighted by Crippen LogP contribution is -2.13. The number of benzene rings is 2. The van der Waals surface area contributed by atoms with Crippen molar-refractivity contribution in [1.29, 1.82) is 0 Å². The van der Waals surface area contributed by atoms with Crippen molar-refractivity contribution in [3.05, 3.63) is 57.6 Å². The molecule has 0 fully saturated rings. The van der Waals surface area contributed by atoms with Crippen LogP contribution in [0.1, 0.15) is 6.92 Å². The predicted octanol–water partition coefficient (Wildman–Crippen LogP) is 2.97. The van der Waals surface area contributed by atoms with Crippen molar-refractivity contribution in [2.24, 2.45) is 0 Å². The van der Waals surface area contributed by atoms with Crippen molar-refractivity contribution in [3.63, 3.8) is 0 Å². The Hall–Kier alpha value is -2.65. The molecule has 1 N–H and O–H groups in total. The zero-order chi connectivity index (χ0) is 17.9. The molecule has 0 bridgehead atoms. The zero-order valence-corrected chi connectivity index (χ0v) is 13.8. The molecule has 2 rings (SSSR count). The number of nitrogens with zero attached hydrogens (tertiary/aromatic N) is 1. The van der Waals surface area contributed by atoms with Gasteiger partial charge in [-0.2, -0.15) is 0 Å². The number of nitrogens with one attached hydrogen (secondary N) is 1. The van der Waals surface area contributed by atoms with Crippen molar-refractivity contribution in [2.45, 2.75) is 11.8 Å². The fourth-order valence-electron chi connectivity index (χ4n) is 1.76. The maximum atomic E-state index is 12.3. The van der Waals surface area contributed by atoms with Gasteiger partial charge in [-0.3, -0.25) is 19.6 Å². The average molecular weight is 371 g/mol. The molecule has 2 aromatic rings. The monoisotopic (exact) mass is 370 g/mol. The van der Waals surface area contributed by atoms with Gasteiger partial charge in [0, 0.05) is 25.1 Å². The third kappa shape index (κ3) is 4.21. The highest BCUT2D eigenvalue weighted by Crippen LogP contribution is 2.29. The molecule has 0 aromatic heterocycles. The van der Waals surface area contributed by atoms with Crippen molar-refractivity contribution < 1.29 is 22.9 Å². The average Bonchev–Trinajstić information content (AvgIpc) is 2.49. The minimum atomic E-state index is -3.98. The lowest BCUT2D eigenvalue weighted by Gasteiger charge is -2.10. The van der Waals surface area contributed by atoms with Gasteiger partial charge >= 0.3 is 5.97 Å². The first-order valence-electron chi connectivity index (χ1n) is 6.44. The highest BCUT2D eigenvalue weighted by molar-refractivity contribution is 7.92. The number of non-ortho nitro benzene ring substituents is 1. The molecule has 0 saturated heterocycles. The molecular weight excluding hydrogens is 360 g/mol. The lowest BCUT2D eigenvalue weighted by molar-refractivity contribution is -0.384. The van der Waals surface area contributed by atoms with Gasteiger partial charge in [0.15, 0.2) is 0 Å². The summed E-state index contributed by atoms with van der Waals surface area (Å²) in [6.07, 6.45) is 0. The quantitative estimate of drug-likeness (QED) is 0.374. The van der Waals surface area contributed by atoms with Crippen LogP contribution in [0.15, 0.2) is 47.4 Å². The molecule has 0 amide bonds. The summed E-state index contributed by atoms with van der Waals surface area (Å²) in [6, 6.07) is 8.39. The zero-order valence-electron chi connectivity index (χ0n) is 12.2. The second kappa shape index (κ2) is 6.85. The number of carbonyl (C=O) groups is 1. The SMILES string of the molecule is CC(=O)Oc1ccc(NS(=O)(=O)c2ccc([N+](=O)[O-])cc2)c(Cl)c1. The van der Waals surface area contributed by atoms with E-state index in [0.717, 1.165) is 24.3 Å². The van der Waals surface area contributed by atoms with E-state index in [4.69, 9.17) is 16.3 Å². The summed E-state index contributed by atoms with van der Waals surface area (Å²) in [4.78, 5) is 20.7. The third-order valence-electron chi connectivity index (χ3n) is 2.80. The molecule has 0 saturated carbocycles. The standard InChI is InChI=1S/C14H11ClN2O6S/c1-9(18)23-11-4-7-14(13(15)8-11)16-24(21,22)12-5-2-10(3-6-12)17(19)20/h2-8,16H,1H3. The maximum absolute atomic E-state index is 12.3. The van der Waals surface area contributed by atoms with Crippen LogP contribution in [0.25, 0.3) is 0 Å². The van der Waals surface area contributed by atoms with E-state index in [9.17, 15) is 23.3 Å². The summed E-state index contributed by atoms with van der Waals surface area (Å²) in [5.41, 5.74) is -0.149. The number of carbonyl (C=O) groups excluding carboxylic acids is 1. The minimum absolute atomic E-state index is 0.0271. The molecule has 0 radical (unpaired) electrons. The number of anilines is 1. The normalized spacial score (nSPS) is 10.9. The van der Waals surface area contributed by atoms with Gasteiger partial charge in [0.05, 0.1) is 20.5 Å². The fraction of sp³-hybridized carbons (Fsp3) is 0.0714. The highest BCUT2D eigenvalue weighted by Gasteiger charge is 2.17. The molecular formula is C14H11ClN2O6S. The van der Waals surface area contributed by atoms with Gasteiger partial charge < -0.3 is 4.74 Å². The van der Waals surface area contributed by atoms with Crippen LogP contribution in [0.2, 0.25) is 5.02 Å². The van der Waals surface area contributed by atoms with Crippen LogP contribution in [-0.4, -0.2) is 19.3 Å². The van der Waals surface area contributed by atoms with E-state index in [1.54, 1.807) is 0 Å². The van der Waals surface area contributed by atoms with E-state index in [-0.39, 0.29) is 27.0 Å². The third-order valence-corrected chi connectivity index (χ3v) is 4.50. The van der Waals surface area contributed by atoms with Crippen molar-refractivity contribution in [2.75, 3.05) is 4.72 Å². The van der Waals surface area contributed by atoms with E-state index in [1.807, 2.05) is 0 Å². The molecule has 0 spiro atoms. The molecule has 0 aliphatic carbocycles. The van der Waals surface area contributed by atoms with Crippen LogP contribution in [0, 0.1) is 10.1 Å². The predicted molar refractivity (Wildman–Crippen MR) is 86.7 cm³/mol. The van der Waals surface area contributed by atoms with Gasteiger partial charge in [-0.1, -0.05) is 11.6 Å². The Balaban J connectivity index is 2.25. The van der Waals surface area contributed by atoms with Gasteiger partial charge in [-0.15, -0.1) is 0 Å².